The number of nitrogen functional groups attached to an aromatic ring is 1. The number of carbonyl (C=O) groups excluding carboxylic acids is 1. The van der Waals surface area contributed by atoms with E-state index in [1.807, 2.05) is 18.2 Å². The zero-order valence-corrected chi connectivity index (χ0v) is 16.0. The smallest absolute Gasteiger partial charge is 0.305 e. The van der Waals surface area contributed by atoms with Crippen molar-refractivity contribution in [1.29, 1.82) is 10.7 Å². The monoisotopic (exact) mass is 392 g/mol. The number of nitrogens with zero attached hydrogens (tertiary/aromatic N) is 1. The second-order valence-corrected chi connectivity index (χ2v) is 6.77. The molecule has 0 saturated carbocycles. The van der Waals surface area contributed by atoms with Gasteiger partial charge >= 0.3 is 5.97 Å². The first-order valence-corrected chi connectivity index (χ1v) is 9.33. The summed E-state index contributed by atoms with van der Waals surface area (Å²) in [6.07, 6.45) is 2.32. The third kappa shape index (κ3) is 7.11. The van der Waals surface area contributed by atoms with Gasteiger partial charge in [0.1, 0.15) is 5.84 Å². The molecule has 5 N–H and O–H groups in total. The predicted molar refractivity (Wildman–Crippen MR) is 109 cm³/mol. The highest BCUT2D eigenvalue weighted by Crippen LogP contribution is 2.19. The topological polar surface area (TPSA) is 140 Å². The molecule has 0 aliphatic rings. The fraction of sp³-hybridized carbons (Fsp3) is 0.273. The Hall–Kier alpha value is -3.66. The molecule has 0 bridgehead atoms. The summed E-state index contributed by atoms with van der Waals surface area (Å²) in [6.45, 7) is 0. The minimum absolute atomic E-state index is 0.0319. The number of benzene rings is 2. The quantitative estimate of drug-likeness (QED) is 0.280. The van der Waals surface area contributed by atoms with E-state index in [0.717, 1.165) is 18.4 Å². The van der Waals surface area contributed by atoms with Crippen LogP contribution in [0.5, 0.6) is 0 Å². The summed E-state index contributed by atoms with van der Waals surface area (Å²) < 4.78 is 0. The van der Waals surface area contributed by atoms with Crippen LogP contribution in [0.2, 0.25) is 0 Å². The van der Waals surface area contributed by atoms with Crippen LogP contribution in [0.3, 0.4) is 0 Å². The summed E-state index contributed by atoms with van der Waals surface area (Å²) in [4.78, 5) is 23.5. The Labute approximate surface area is 169 Å². The van der Waals surface area contributed by atoms with Crippen LogP contribution in [0, 0.1) is 16.7 Å². The number of carbonyl (C=O) groups is 2. The number of carboxylic acids is 1. The van der Waals surface area contributed by atoms with Crippen molar-refractivity contribution in [3.63, 3.8) is 0 Å². The maximum atomic E-state index is 12.3. The summed E-state index contributed by atoms with van der Waals surface area (Å²) >= 11 is 0. The van der Waals surface area contributed by atoms with Crippen LogP contribution >= 0.6 is 0 Å². The molecule has 0 heterocycles. The SMILES string of the molecule is N#Cc1cccc(C(CC(=O)O)NC(=O)CCCCc2ccc(C(=N)N)cc2)c1. The molecule has 2 aromatic rings. The van der Waals surface area contributed by atoms with Gasteiger partial charge in [-0.2, -0.15) is 5.26 Å². The molecule has 0 radical (unpaired) electrons. The maximum absolute atomic E-state index is 12.3. The van der Waals surface area contributed by atoms with Crippen LogP contribution in [0.25, 0.3) is 0 Å². The Morgan fingerprint density at radius 3 is 2.52 bits per heavy atom. The molecular weight excluding hydrogens is 368 g/mol. The third-order valence-corrected chi connectivity index (χ3v) is 4.52. The molecule has 7 heteroatoms. The molecule has 1 unspecified atom stereocenters. The zero-order chi connectivity index (χ0) is 21.2. The van der Waals surface area contributed by atoms with Gasteiger partial charge in [-0.3, -0.25) is 15.0 Å². The Morgan fingerprint density at radius 2 is 1.90 bits per heavy atom. The number of aliphatic carboxylic acids is 1. The van der Waals surface area contributed by atoms with Crippen LogP contribution in [0.1, 0.15) is 54.0 Å². The van der Waals surface area contributed by atoms with Gasteiger partial charge in [0, 0.05) is 12.0 Å². The van der Waals surface area contributed by atoms with Gasteiger partial charge in [-0.25, -0.2) is 0 Å². The van der Waals surface area contributed by atoms with Gasteiger partial charge in [0.25, 0.3) is 0 Å². The molecule has 2 aromatic carbocycles. The van der Waals surface area contributed by atoms with Crippen molar-refractivity contribution in [2.45, 2.75) is 38.1 Å². The molecule has 0 aliphatic carbocycles. The van der Waals surface area contributed by atoms with E-state index in [-0.39, 0.29) is 18.2 Å². The maximum Gasteiger partial charge on any atom is 0.305 e. The fourth-order valence-electron chi connectivity index (χ4n) is 2.98. The highest BCUT2D eigenvalue weighted by molar-refractivity contribution is 5.94. The summed E-state index contributed by atoms with van der Waals surface area (Å²) in [6, 6.07) is 15.4. The number of rotatable bonds is 10. The highest BCUT2D eigenvalue weighted by Gasteiger charge is 2.18. The van der Waals surface area contributed by atoms with Crippen LogP contribution in [-0.4, -0.2) is 22.8 Å². The number of nitrogens with two attached hydrogens (primary N) is 1. The van der Waals surface area contributed by atoms with Gasteiger partial charge in [-0.1, -0.05) is 36.4 Å². The van der Waals surface area contributed by atoms with E-state index in [9.17, 15) is 9.59 Å². The molecule has 0 spiro atoms. The molecule has 1 amide bonds. The Balaban J connectivity index is 1.85. The highest BCUT2D eigenvalue weighted by atomic mass is 16.4. The van der Waals surface area contributed by atoms with E-state index in [2.05, 4.69) is 5.32 Å². The average Bonchev–Trinajstić information content (AvgIpc) is 2.70. The van der Waals surface area contributed by atoms with Gasteiger partial charge in [0.15, 0.2) is 0 Å². The van der Waals surface area contributed by atoms with Crippen molar-refractivity contribution in [2.75, 3.05) is 0 Å². The average molecular weight is 392 g/mol. The van der Waals surface area contributed by atoms with E-state index in [4.69, 9.17) is 21.5 Å². The van der Waals surface area contributed by atoms with E-state index >= 15 is 0 Å². The molecule has 0 saturated heterocycles. The zero-order valence-electron chi connectivity index (χ0n) is 16.0. The van der Waals surface area contributed by atoms with Crippen LogP contribution in [0.15, 0.2) is 48.5 Å². The molecule has 29 heavy (non-hydrogen) atoms. The molecule has 0 aliphatic heterocycles. The minimum Gasteiger partial charge on any atom is -0.481 e. The lowest BCUT2D eigenvalue weighted by molar-refractivity contribution is -0.137. The van der Waals surface area contributed by atoms with Crippen molar-refractivity contribution in [2.24, 2.45) is 5.73 Å². The van der Waals surface area contributed by atoms with Crippen molar-refractivity contribution < 1.29 is 14.7 Å². The lowest BCUT2D eigenvalue weighted by atomic mass is 10.0. The Morgan fingerprint density at radius 1 is 1.17 bits per heavy atom. The van der Waals surface area contributed by atoms with E-state index in [1.54, 1.807) is 36.4 Å². The summed E-state index contributed by atoms with van der Waals surface area (Å²) in [7, 11) is 0. The van der Waals surface area contributed by atoms with E-state index < -0.39 is 12.0 Å². The molecular formula is C22H24N4O3. The number of nitriles is 1. The van der Waals surface area contributed by atoms with Gasteiger partial charge in [0.2, 0.25) is 5.91 Å². The van der Waals surface area contributed by atoms with E-state index in [0.29, 0.717) is 29.5 Å². The lowest BCUT2D eigenvalue weighted by Crippen LogP contribution is -2.30. The van der Waals surface area contributed by atoms with Crippen molar-refractivity contribution in [1.82, 2.24) is 5.32 Å². The van der Waals surface area contributed by atoms with Crippen LogP contribution in [0.4, 0.5) is 0 Å². The molecule has 0 fully saturated rings. The first kappa shape index (κ1) is 21.6. The lowest BCUT2D eigenvalue weighted by Gasteiger charge is -2.17. The number of amidine groups is 1. The van der Waals surface area contributed by atoms with Crippen LogP contribution in [-0.2, 0) is 16.0 Å². The summed E-state index contributed by atoms with van der Waals surface area (Å²) in [5.41, 5.74) is 8.24. The number of carboxylic acid groups (broad SMARTS) is 1. The molecule has 7 nitrogen and oxygen atoms in total. The molecule has 2 rings (SSSR count). The number of unbranched alkanes of at least 4 members (excludes halogenated alkanes) is 1. The van der Waals surface area contributed by atoms with Gasteiger partial charge in [-0.05, 0) is 42.5 Å². The predicted octanol–water partition coefficient (Wildman–Crippen LogP) is 2.89. The number of hydrogen-bond donors (Lipinski definition) is 4. The van der Waals surface area contributed by atoms with Gasteiger partial charge in [0.05, 0.1) is 24.1 Å². The van der Waals surface area contributed by atoms with Crippen molar-refractivity contribution >= 4 is 17.7 Å². The number of amides is 1. The van der Waals surface area contributed by atoms with Crippen LogP contribution < -0.4 is 11.1 Å². The summed E-state index contributed by atoms with van der Waals surface area (Å²) in [5, 5.41) is 28.3. The minimum atomic E-state index is -1.02. The van der Waals surface area contributed by atoms with E-state index in [1.165, 1.54) is 0 Å². The van der Waals surface area contributed by atoms with Crippen molar-refractivity contribution in [3.8, 4) is 6.07 Å². The number of nitrogens with one attached hydrogen (secondary N) is 2. The second kappa shape index (κ2) is 10.6. The molecule has 0 aromatic heterocycles. The normalized spacial score (nSPS) is 11.3. The fourth-order valence-corrected chi connectivity index (χ4v) is 2.98. The first-order chi connectivity index (χ1) is 13.9. The summed E-state index contributed by atoms with van der Waals surface area (Å²) in [5.74, 6) is -1.21. The molecule has 150 valence electrons. The Bertz CT molecular complexity index is 916. The molecule has 1 atom stereocenters. The van der Waals surface area contributed by atoms with Gasteiger partial charge < -0.3 is 16.2 Å². The first-order valence-electron chi connectivity index (χ1n) is 9.33. The third-order valence-electron chi connectivity index (χ3n) is 4.52. The second-order valence-electron chi connectivity index (χ2n) is 6.77. The van der Waals surface area contributed by atoms with Gasteiger partial charge in [-0.15, -0.1) is 0 Å². The largest absolute Gasteiger partial charge is 0.481 e. The Kier molecular flexibility index (Phi) is 7.92. The standard InChI is InChI=1S/C22H24N4O3/c23-14-16-5-3-6-18(12-16)19(13-21(28)29)26-20(27)7-2-1-4-15-8-10-17(11-9-15)22(24)25/h3,5-6,8-12,19H,1-2,4,7,13H2,(H3,24,25)(H,26,27)(H,28,29). The number of aryl methyl sites for hydroxylation is 1. The van der Waals surface area contributed by atoms with Crippen molar-refractivity contribution in [3.05, 3.63) is 70.8 Å². The number of hydrogen-bond acceptors (Lipinski definition) is 4.